The van der Waals surface area contributed by atoms with E-state index in [-0.39, 0.29) is 35.1 Å². The third kappa shape index (κ3) is 2.61. The second-order valence-electron chi connectivity index (χ2n) is 10.2. The predicted molar refractivity (Wildman–Crippen MR) is 137 cm³/mol. The van der Waals surface area contributed by atoms with Crippen LogP contribution in [0.3, 0.4) is 0 Å². The highest BCUT2D eigenvalue weighted by molar-refractivity contribution is 7.24. The topological polar surface area (TPSA) is 80.5 Å². The van der Waals surface area contributed by atoms with E-state index in [4.69, 9.17) is 9.40 Å². The first-order chi connectivity index (χ1) is 17.6. The van der Waals surface area contributed by atoms with Crippen molar-refractivity contribution >= 4 is 54.4 Å². The number of imide groups is 1. The van der Waals surface area contributed by atoms with E-state index in [1.807, 2.05) is 36.4 Å². The van der Waals surface area contributed by atoms with Crippen LogP contribution in [0.25, 0.3) is 31.3 Å². The summed E-state index contributed by atoms with van der Waals surface area (Å²) in [7, 11) is 0. The average molecular weight is 493 g/mol. The fraction of sp³-hybridized carbons (Fsp3) is 0.241. The number of fused-ring (bicyclic) bond motifs is 6. The molecular weight excluding hydrogens is 472 g/mol. The van der Waals surface area contributed by atoms with Gasteiger partial charge in [0, 0.05) is 26.2 Å². The first-order valence-electron chi connectivity index (χ1n) is 12.3. The summed E-state index contributed by atoms with van der Waals surface area (Å²) in [5.74, 6) is 0.547. The predicted octanol–water partition coefficient (Wildman–Crippen LogP) is 5.73. The van der Waals surface area contributed by atoms with Crippen molar-refractivity contribution < 1.29 is 14.0 Å². The van der Waals surface area contributed by atoms with Gasteiger partial charge in [-0.05, 0) is 61.4 Å². The van der Waals surface area contributed by atoms with Crippen LogP contribution < -0.4 is 5.43 Å². The molecule has 176 valence electrons. The molecule has 2 saturated carbocycles. The molecule has 2 bridgehead atoms. The average Bonchev–Trinajstić information content (AvgIpc) is 3.66. The van der Waals surface area contributed by atoms with E-state index in [1.54, 1.807) is 35.6 Å². The summed E-state index contributed by atoms with van der Waals surface area (Å²) in [6, 6.07) is 18.1. The SMILES string of the molecule is O=C1c2ccccc2C(=O)N1[C@@H]1[C@H]2CC[C@H](C2)[C@@H]1c1nc2cc3c(=O)c4ccccc4sc3cc2o1. The molecule has 36 heavy (non-hydrogen) atoms. The summed E-state index contributed by atoms with van der Waals surface area (Å²) >= 11 is 1.56. The van der Waals surface area contributed by atoms with Gasteiger partial charge in [-0.25, -0.2) is 4.98 Å². The van der Waals surface area contributed by atoms with Gasteiger partial charge in [0.05, 0.1) is 23.1 Å². The van der Waals surface area contributed by atoms with Gasteiger partial charge in [-0.2, -0.15) is 0 Å². The van der Waals surface area contributed by atoms with E-state index in [2.05, 4.69) is 0 Å². The third-order valence-electron chi connectivity index (χ3n) is 8.38. The zero-order chi connectivity index (χ0) is 24.1. The lowest BCUT2D eigenvalue weighted by molar-refractivity contribution is 0.0492. The fourth-order valence-corrected chi connectivity index (χ4v) is 7.92. The third-order valence-corrected chi connectivity index (χ3v) is 9.52. The van der Waals surface area contributed by atoms with E-state index in [0.29, 0.717) is 44.8 Å². The van der Waals surface area contributed by atoms with Gasteiger partial charge in [0.2, 0.25) is 5.89 Å². The summed E-state index contributed by atoms with van der Waals surface area (Å²) in [6.45, 7) is 0. The second kappa shape index (κ2) is 7.11. The molecule has 3 aromatic carbocycles. The summed E-state index contributed by atoms with van der Waals surface area (Å²) in [5, 5.41) is 1.34. The van der Waals surface area contributed by atoms with Crippen LogP contribution in [-0.2, 0) is 0 Å². The van der Waals surface area contributed by atoms with Crippen LogP contribution in [0.1, 0.15) is 51.8 Å². The molecule has 1 aliphatic heterocycles. The maximum Gasteiger partial charge on any atom is 0.261 e. The molecule has 0 saturated heterocycles. The van der Waals surface area contributed by atoms with Crippen LogP contribution >= 0.6 is 11.3 Å². The van der Waals surface area contributed by atoms with Crippen molar-refractivity contribution in [1.82, 2.24) is 9.88 Å². The standard InChI is InChI=1S/C29H20N2O4S/c32-26-18-7-3-4-8-22(18)36-23-13-21-20(12-19(23)26)30-27(35-21)24-14-9-10-15(11-14)25(24)31-28(33)16-5-1-2-6-17(16)29(31)34/h1-8,12-15,24-25H,9-11H2/t14-,15+,24+,25-/m1/s1. The van der Waals surface area contributed by atoms with Crippen LogP contribution in [0.2, 0.25) is 0 Å². The van der Waals surface area contributed by atoms with Crippen molar-refractivity contribution in [3.05, 3.63) is 87.9 Å². The molecule has 2 aliphatic carbocycles. The van der Waals surface area contributed by atoms with E-state index in [1.165, 1.54) is 4.90 Å². The van der Waals surface area contributed by atoms with Gasteiger partial charge in [-0.3, -0.25) is 19.3 Å². The lowest BCUT2D eigenvalue weighted by Gasteiger charge is -2.34. The number of carbonyl (C=O) groups excluding carboxylic acids is 2. The highest BCUT2D eigenvalue weighted by atomic mass is 32.1. The van der Waals surface area contributed by atoms with Crippen LogP contribution in [-0.4, -0.2) is 27.7 Å². The Balaban J connectivity index is 1.27. The van der Waals surface area contributed by atoms with Crippen LogP contribution in [0, 0.1) is 11.8 Å². The van der Waals surface area contributed by atoms with Gasteiger partial charge >= 0.3 is 0 Å². The normalized spacial score (nSPS) is 25.1. The Kier molecular flexibility index (Phi) is 4.02. The highest BCUT2D eigenvalue weighted by Gasteiger charge is 2.56. The lowest BCUT2D eigenvalue weighted by Crippen LogP contribution is -2.46. The minimum absolute atomic E-state index is 0.00498. The maximum atomic E-state index is 13.4. The number of hydrogen-bond donors (Lipinski definition) is 0. The van der Waals surface area contributed by atoms with E-state index in [9.17, 15) is 14.4 Å². The lowest BCUT2D eigenvalue weighted by atomic mass is 9.83. The van der Waals surface area contributed by atoms with E-state index in [0.717, 1.165) is 28.7 Å². The van der Waals surface area contributed by atoms with Gasteiger partial charge in [-0.1, -0.05) is 24.3 Å². The van der Waals surface area contributed by atoms with Crippen molar-refractivity contribution in [3.63, 3.8) is 0 Å². The van der Waals surface area contributed by atoms with Gasteiger partial charge in [0.1, 0.15) is 5.52 Å². The van der Waals surface area contributed by atoms with Crippen molar-refractivity contribution in [3.8, 4) is 0 Å². The second-order valence-corrected chi connectivity index (χ2v) is 11.3. The zero-order valence-electron chi connectivity index (χ0n) is 19.1. The largest absolute Gasteiger partial charge is 0.440 e. The van der Waals surface area contributed by atoms with Crippen molar-refractivity contribution in [2.24, 2.45) is 11.8 Å². The molecule has 3 aliphatic rings. The molecule has 2 amide bonds. The highest BCUT2D eigenvalue weighted by Crippen LogP contribution is 2.56. The number of benzene rings is 3. The Hall–Kier alpha value is -3.84. The van der Waals surface area contributed by atoms with Gasteiger partial charge in [0.25, 0.3) is 11.8 Å². The number of rotatable bonds is 2. The van der Waals surface area contributed by atoms with Crippen molar-refractivity contribution in [2.75, 3.05) is 0 Å². The van der Waals surface area contributed by atoms with E-state index < -0.39 is 0 Å². The summed E-state index contributed by atoms with van der Waals surface area (Å²) in [6.07, 6.45) is 2.99. The first-order valence-corrected chi connectivity index (χ1v) is 13.1. The molecular formula is C29H20N2O4S. The van der Waals surface area contributed by atoms with Crippen LogP contribution in [0.5, 0.6) is 0 Å². The Bertz CT molecular complexity index is 1800. The smallest absolute Gasteiger partial charge is 0.261 e. The number of amides is 2. The number of carbonyl (C=O) groups is 2. The molecule has 4 atom stereocenters. The molecule has 6 nitrogen and oxygen atoms in total. The number of nitrogens with zero attached hydrogens (tertiary/aromatic N) is 2. The number of aromatic nitrogens is 1. The Labute approximate surface area is 209 Å². The summed E-state index contributed by atoms with van der Waals surface area (Å²) in [5.41, 5.74) is 2.22. The molecule has 7 heteroatoms. The van der Waals surface area contributed by atoms with Gasteiger partial charge in [0.15, 0.2) is 11.0 Å². The Morgan fingerprint density at radius 1 is 0.833 bits per heavy atom. The van der Waals surface area contributed by atoms with Crippen LogP contribution in [0.15, 0.2) is 69.9 Å². The van der Waals surface area contributed by atoms with Crippen molar-refractivity contribution in [2.45, 2.75) is 31.2 Å². The number of hydrogen-bond acceptors (Lipinski definition) is 6. The maximum absolute atomic E-state index is 13.4. The van der Waals surface area contributed by atoms with E-state index >= 15 is 0 Å². The molecule has 2 aromatic heterocycles. The Morgan fingerprint density at radius 3 is 2.36 bits per heavy atom. The van der Waals surface area contributed by atoms with Crippen molar-refractivity contribution in [1.29, 1.82) is 0 Å². The summed E-state index contributed by atoms with van der Waals surface area (Å²) < 4.78 is 8.14. The molecule has 3 heterocycles. The van der Waals surface area contributed by atoms with Gasteiger partial charge in [-0.15, -0.1) is 11.3 Å². The van der Waals surface area contributed by atoms with Gasteiger partial charge < -0.3 is 4.42 Å². The fourth-order valence-electron chi connectivity index (χ4n) is 6.84. The monoisotopic (exact) mass is 492 g/mol. The molecule has 0 spiro atoms. The number of oxazole rings is 1. The molecule has 2 fully saturated rings. The minimum Gasteiger partial charge on any atom is -0.440 e. The molecule has 5 aromatic rings. The Morgan fingerprint density at radius 2 is 1.56 bits per heavy atom. The molecule has 0 unspecified atom stereocenters. The summed E-state index contributed by atoms with van der Waals surface area (Å²) in [4.78, 5) is 46.2. The first kappa shape index (κ1) is 20.4. The molecule has 0 N–H and O–H groups in total. The molecule has 0 radical (unpaired) electrons. The van der Waals surface area contributed by atoms with Crippen LogP contribution in [0.4, 0.5) is 0 Å². The molecule has 8 rings (SSSR count). The quantitative estimate of drug-likeness (QED) is 0.232. The minimum atomic E-state index is -0.265. The zero-order valence-corrected chi connectivity index (χ0v) is 20.0.